The summed E-state index contributed by atoms with van der Waals surface area (Å²) in [6.45, 7) is 2.40. The maximum absolute atomic E-state index is 9.28. The number of nitrogens with zero attached hydrogens (tertiary/aromatic N) is 1. The molecule has 1 heterocycles. The van der Waals surface area contributed by atoms with Crippen molar-refractivity contribution in [1.82, 2.24) is 4.98 Å². The summed E-state index contributed by atoms with van der Waals surface area (Å²) in [6.07, 6.45) is 2.03. The van der Waals surface area contributed by atoms with Crippen LogP contribution in [0.1, 0.15) is 13.3 Å². The molecule has 1 aromatic rings. The Morgan fingerprint density at radius 3 is 3.08 bits per heavy atom. The van der Waals surface area contributed by atoms with Crippen molar-refractivity contribution in [3.8, 4) is 0 Å². The second kappa shape index (κ2) is 5.04. The van der Waals surface area contributed by atoms with E-state index in [1.54, 1.807) is 18.3 Å². The Balaban J connectivity index is 2.50. The van der Waals surface area contributed by atoms with Gasteiger partial charge in [-0.2, -0.15) is 0 Å². The normalized spacial score (nSPS) is 12.5. The van der Waals surface area contributed by atoms with E-state index in [4.69, 9.17) is 11.6 Å². The molecule has 0 aliphatic rings. The molecule has 4 heteroatoms. The molecule has 1 atom stereocenters. The van der Waals surface area contributed by atoms with Crippen LogP contribution in [0.3, 0.4) is 0 Å². The van der Waals surface area contributed by atoms with Crippen molar-refractivity contribution in [2.24, 2.45) is 0 Å². The summed E-state index contributed by atoms with van der Waals surface area (Å²) < 4.78 is 0. The second-order valence-electron chi connectivity index (χ2n) is 2.78. The molecular formula is C9H13ClN2O. The zero-order valence-electron chi connectivity index (χ0n) is 7.50. The number of anilines is 1. The number of aliphatic hydroxyl groups excluding tert-OH is 1. The number of hydrogen-bond donors (Lipinski definition) is 2. The molecule has 72 valence electrons. The minimum Gasteiger partial charge on any atom is -0.391 e. The van der Waals surface area contributed by atoms with Gasteiger partial charge in [-0.15, -0.1) is 0 Å². The van der Waals surface area contributed by atoms with Crippen LogP contribution in [0.25, 0.3) is 0 Å². The van der Waals surface area contributed by atoms with Crippen LogP contribution in [0.15, 0.2) is 18.3 Å². The van der Waals surface area contributed by atoms with E-state index in [0.29, 0.717) is 17.4 Å². The average molecular weight is 201 g/mol. The van der Waals surface area contributed by atoms with E-state index >= 15 is 0 Å². The summed E-state index contributed by atoms with van der Waals surface area (Å²) >= 11 is 5.84. The van der Waals surface area contributed by atoms with Crippen molar-refractivity contribution in [1.29, 1.82) is 0 Å². The SMILES string of the molecule is CCC(O)CNc1ncccc1Cl. The minimum absolute atomic E-state index is 0.349. The number of aliphatic hydroxyl groups is 1. The Morgan fingerprint density at radius 2 is 2.46 bits per heavy atom. The third kappa shape index (κ3) is 3.20. The fraction of sp³-hybridized carbons (Fsp3) is 0.444. The highest BCUT2D eigenvalue weighted by Gasteiger charge is 2.03. The lowest BCUT2D eigenvalue weighted by Gasteiger charge is -2.10. The zero-order chi connectivity index (χ0) is 9.68. The minimum atomic E-state index is -0.349. The van der Waals surface area contributed by atoms with Gasteiger partial charge < -0.3 is 10.4 Å². The summed E-state index contributed by atoms with van der Waals surface area (Å²) in [7, 11) is 0. The van der Waals surface area contributed by atoms with Crippen LogP contribution in [-0.4, -0.2) is 22.7 Å². The molecule has 1 rings (SSSR count). The van der Waals surface area contributed by atoms with Gasteiger partial charge in [-0.05, 0) is 18.6 Å². The van der Waals surface area contributed by atoms with Gasteiger partial charge in [0.15, 0.2) is 0 Å². The van der Waals surface area contributed by atoms with Crippen molar-refractivity contribution in [2.45, 2.75) is 19.4 Å². The van der Waals surface area contributed by atoms with E-state index in [2.05, 4.69) is 10.3 Å². The molecule has 0 radical (unpaired) electrons. The predicted octanol–water partition coefficient (Wildman–Crippen LogP) is 1.92. The van der Waals surface area contributed by atoms with E-state index in [0.717, 1.165) is 6.42 Å². The van der Waals surface area contributed by atoms with Crippen molar-refractivity contribution < 1.29 is 5.11 Å². The standard InChI is InChI=1S/C9H13ClN2O/c1-2-7(13)6-12-9-8(10)4-3-5-11-9/h3-5,7,13H,2,6H2,1H3,(H,11,12). The fourth-order valence-electron chi connectivity index (χ4n) is 0.875. The highest BCUT2D eigenvalue weighted by molar-refractivity contribution is 6.32. The quantitative estimate of drug-likeness (QED) is 0.781. The molecule has 0 amide bonds. The van der Waals surface area contributed by atoms with Crippen LogP contribution >= 0.6 is 11.6 Å². The molecule has 1 aromatic heterocycles. The van der Waals surface area contributed by atoms with E-state index in [-0.39, 0.29) is 6.10 Å². The monoisotopic (exact) mass is 200 g/mol. The number of pyridine rings is 1. The molecule has 0 spiro atoms. The Bertz CT molecular complexity index is 268. The Labute approximate surface area is 82.8 Å². The smallest absolute Gasteiger partial charge is 0.144 e. The highest BCUT2D eigenvalue weighted by atomic mass is 35.5. The van der Waals surface area contributed by atoms with Gasteiger partial charge >= 0.3 is 0 Å². The first-order valence-electron chi connectivity index (χ1n) is 4.26. The molecule has 0 saturated heterocycles. The lowest BCUT2D eigenvalue weighted by atomic mass is 10.3. The largest absolute Gasteiger partial charge is 0.391 e. The fourth-order valence-corrected chi connectivity index (χ4v) is 1.06. The van der Waals surface area contributed by atoms with Gasteiger partial charge in [-0.1, -0.05) is 18.5 Å². The van der Waals surface area contributed by atoms with Crippen LogP contribution in [-0.2, 0) is 0 Å². The van der Waals surface area contributed by atoms with Gasteiger partial charge in [0.2, 0.25) is 0 Å². The third-order valence-electron chi connectivity index (χ3n) is 1.73. The topological polar surface area (TPSA) is 45.1 Å². The molecule has 1 unspecified atom stereocenters. The number of rotatable bonds is 4. The summed E-state index contributed by atoms with van der Waals surface area (Å²) in [6, 6.07) is 3.53. The summed E-state index contributed by atoms with van der Waals surface area (Å²) in [5.41, 5.74) is 0. The molecule has 2 N–H and O–H groups in total. The predicted molar refractivity (Wildman–Crippen MR) is 54.0 cm³/mol. The molecule has 0 bridgehead atoms. The molecule has 3 nitrogen and oxygen atoms in total. The van der Waals surface area contributed by atoms with Crippen molar-refractivity contribution in [3.05, 3.63) is 23.4 Å². The van der Waals surface area contributed by atoms with Gasteiger partial charge in [-0.3, -0.25) is 0 Å². The van der Waals surface area contributed by atoms with E-state index in [1.165, 1.54) is 0 Å². The summed E-state index contributed by atoms with van der Waals surface area (Å²) in [4.78, 5) is 4.03. The van der Waals surface area contributed by atoms with Crippen molar-refractivity contribution in [3.63, 3.8) is 0 Å². The Hall–Kier alpha value is -0.800. The summed E-state index contributed by atoms with van der Waals surface area (Å²) in [5.74, 6) is 0.622. The van der Waals surface area contributed by atoms with Crippen molar-refractivity contribution >= 4 is 17.4 Å². The number of aromatic nitrogens is 1. The Morgan fingerprint density at radius 1 is 1.69 bits per heavy atom. The zero-order valence-corrected chi connectivity index (χ0v) is 8.25. The van der Waals surface area contributed by atoms with Gasteiger partial charge in [0.05, 0.1) is 11.1 Å². The molecule has 0 fully saturated rings. The lowest BCUT2D eigenvalue weighted by Crippen LogP contribution is -2.18. The van der Waals surface area contributed by atoms with Gasteiger partial charge in [-0.25, -0.2) is 4.98 Å². The third-order valence-corrected chi connectivity index (χ3v) is 2.04. The molecule has 0 saturated carbocycles. The number of hydrogen-bond acceptors (Lipinski definition) is 3. The van der Waals surface area contributed by atoms with Crippen LogP contribution < -0.4 is 5.32 Å². The summed E-state index contributed by atoms with van der Waals surface area (Å²) in [5, 5.41) is 12.8. The van der Waals surface area contributed by atoms with Gasteiger partial charge in [0.1, 0.15) is 5.82 Å². The maximum atomic E-state index is 9.28. The van der Waals surface area contributed by atoms with Crippen LogP contribution in [0.5, 0.6) is 0 Å². The molecule has 0 aromatic carbocycles. The average Bonchev–Trinajstić information content (AvgIpc) is 2.16. The molecule has 0 aliphatic carbocycles. The van der Waals surface area contributed by atoms with E-state index < -0.39 is 0 Å². The van der Waals surface area contributed by atoms with Gasteiger partial charge in [0.25, 0.3) is 0 Å². The maximum Gasteiger partial charge on any atom is 0.144 e. The van der Waals surface area contributed by atoms with Crippen LogP contribution in [0.4, 0.5) is 5.82 Å². The second-order valence-corrected chi connectivity index (χ2v) is 3.18. The number of nitrogens with one attached hydrogen (secondary N) is 1. The first kappa shape index (κ1) is 10.3. The lowest BCUT2D eigenvalue weighted by molar-refractivity contribution is 0.183. The first-order valence-corrected chi connectivity index (χ1v) is 4.64. The van der Waals surface area contributed by atoms with E-state index in [1.807, 2.05) is 6.92 Å². The molecular weight excluding hydrogens is 188 g/mol. The molecule has 13 heavy (non-hydrogen) atoms. The first-order chi connectivity index (χ1) is 6.24. The van der Waals surface area contributed by atoms with Crippen molar-refractivity contribution in [2.75, 3.05) is 11.9 Å². The molecule has 0 aliphatic heterocycles. The van der Waals surface area contributed by atoms with Crippen LogP contribution in [0.2, 0.25) is 5.02 Å². The number of halogens is 1. The highest BCUT2D eigenvalue weighted by Crippen LogP contribution is 2.16. The Kier molecular flexibility index (Phi) is 3.99. The van der Waals surface area contributed by atoms with Crippen LogP contribution in [0, 0.1) is 0 Å². The van der Waals surface area contributed by atoms with Gasteiger partial charge in [0, 0.05) is 12.7 Å². The van der Waals surface area contributed by atoms with E-state index in [9.17, 15) is 5.11 Å².